The van der Waals surface area contributed by atoms with Crippen LogP contribution in [0.4, 0.5) is 5.69 Å². The van der Waals surface area contributed by atoms with Crippen LogP contribution in [-0.2, 0) is 9.63 Å². The van der Waals surface area contributed by atoms with E-state index in [0.29, 0.717) is 23.6 Å². The molecule has 2 heterocycles. The van der Waals surface area contributed by atoms with Crippen LogP contribution in [0.2, 0.25) is 0 Å². The number of aromatic nitrogens is 2. The Bertz CT molecular complexity index is 1010. The molecule has 0 saturated carbocycles. The molecule has 2 aromatic carbocycles. The van der Waals surface area contributed by atoms with Crippen LogP contribution >= 0.6 is 0 Å². The van der Waals surface area contributed by atoms with Gasteiger partial charge in [-0.15, -0.1) is 0 Å². The predicted molar refractivity (Wildman–Crippen MR) is 104 cm³/mol. The van der Waals surface area contributed by atoms with E-state index in [4.69, 9.17) is 9.57 Å². The van der Waals surface area contributed by atoms with Gasteiger partial charge in [0.25, 0.3) is 5.91 Å². The maximum atomic E-state index is 12.5. The number of nitrogens with zero attached hydrogens (tertiary/aromatic N) is 3. The summed E-state index contributed by atoms with van der Waals surface area (Å²) in [6.07, 6.45) is 3.42. The van der Waals surface area contributed by atoms with E-state index < -0.39 is 0 Å². The molecule has 0 spiro atoms. The van der Waals surface area contributed by atoms with E-state index in [1.165, 1.54) is 0 Å². The van der Waals surface area contributed by atoms with Crippen molar-refractivity contribution in [1.29, 1.82) is 0 Å². The first-order valence-corrected chi connectivity index (χ1v) is 8.83. The topological polar surface area (TPSA) is 85.7 Å². The second-order valence-corrected chi connectivity index (χ2v) is 6.31. The number of oxime groups is 1. The van der Waals surface area contributed by atoms with Crippen LogP contribution in [0.5, 0.6) is 11.8 Å². The van der Waals surface area contributed by atoms with Gasteiger partial charge < -0.3 is 14.9 Å². The minimum absolute atomic E-state index is 0.232. The van der Waals surface area contributed by atoms with Gasteiger partial charge in [-0.2, -0.15) is 0 Å². The highest BCUT2D eigenvalue weighted by molar-refractivity contribution is 6.43. The Morgan fingerprint density at radius 3 is 2.64 bits per heavy atom. The van der Waals surface area contributed by atoms with Gasteiger partial charge in [-0.1, -0.05) is 35.5 Å². The molecular formula is C21H18N4O3. The van der Waals surface area contributed by atoms with E-state index >= 15 is 0 Å². The smallest absolute Gasteiger partial charge is 0.321 e. The van der Waals surface area contributed by atoms with Crippen molar-refractivity contribution in [2.45, 2.75) is 19.4 Å². The summed E-state index contributed by atoms with van der Waals surface area (Å²) >= 11 is 0. The SMILES string of the molecule is Cc1cc(Oc2ncccn2)ccc1NC(=O)C1=NO[C@@H](c2ccccc2)C1. The van der Waals surface area contributed by atoms with Crippen molar-refractivity contribution in [1.82, 2.24) is 9.97 Å². The molecule has 1 atom stereocenters. The first-order chi connectivity index (χ1) is 13.7. The van der Waals surface area contributed by atoms with Crippen LogP contribution < -0.4 is 10.1 Å². The number of hydrogen-bond acceptors (Lipinski definition) is 6. The molecule has 7 heteroatoms. The minimum Gasteiger partial charge on any atom is -0.424 e. The molecule has 0 radical (unpaired) electrons. The van der Waals surface area contributed by atoms with Crippen LogP contribution in [0.25, 0.3) is 0 Å². The first-order valence-electron chi connectivity index (χ1n) is 8.83. The number of rotatable bonds is 5. The van der Waals surface area contributed by atoms with Crippen molar-refractivity contribution < 1.29 is 14.4 Å². The van der Waals surface area contributed by atoms with Crippen LogP contribution in [-0.4, -0.2) is 21.6 Å². The summed E-state index contributed by atoms with van der Waals surface area (Å²) in [7, 11) is 0. The summed E-state index contributed by atoms with van der Waals surface area (Å²) in [5.41, 5.74) is 2.89. The third-order valence-electron chi connectivity index (χ3n) is 4.30. The maximum absolute atomic E-state index is 12.5. The van der Waals surface area contributed by atoms with Gasteiger partial charge in [0.15, 0.2) is 6.10 Å². The number of nitrogens with one attached hydrogen (secondary N) is 1. The van der Waals surface area contributed by atoms with Crippen molar-refractivity contribution in [3.63, 3.8) is 0 Å². The van der Waals surface area contributed by atoms with E-state index in [1.807, 2.05) is 43.3 Å². The number of carbonyl (C=O) groups excluding carboxylic acids is 1. The van der Waals surface area contributed by atoms with E-state index in [1.54, 1.807) is 30.6 Å². The lowest BCUT2D eigenvalue weighted by Crippen LogP contribution is -2.22. The summed E-state index contributed by atoms with van der Waals surface area (Å²) in [6.45, 7) is 1.88. The normalized spacial score (nSPS) is 15.5. The fraction of sp³-hybridized carbons (Fsp3) is 0.143. The summed E-state index contributed by atoms with van der Waals surface area (Å²) in [5, 5.41) is 6.83. The molecule has 0 saturated heterocycles. The molecule has 0 aliphatic carbocycles. The fourth-order valence-electron chi connectivity index (χ4n) is 2.84. The van der Waals surface area contributed by atoms with Crippen molar-refractivity contribution in [2.24, 2.45) is 5.16 Å². The largest absolute Gasteiger partial charge is 0.424 e. The van der Waals surface area contributed by atoms with Gasteiger partial charge >= 0.3 is 6.01 Å². The van der Waals surface area contributed by atoms with E-state index in [9.17, 15) is 4.79 Å². The zero-order chi connectivity index (χ0) is 19.3. The molecule has 1 N–H and O–H groups in total. The average molecular weight is 374 g/mol. The number of benzene rings is 2. The third kappa shape index (κ3) is 3.98. The lowest BCUT2D eigenvalue weighted by atomic mass is 10.0. The van der Waals surface area contributed by atoms with Gasteiger partial charge in [-0.25, -0.2) is 9.97 Å². The Hall–Kier alpha value is -3.74. The van der Waals surface area contributed by atoms with Crippen LogP contribution in [0.15, 0.2) is 72.1 Å². The van der Waals surface area contributed by atoms with Crippen molar-refractivity contribution >= 4 is 17.3 Å². The molecule has 3 aromatic rings. The highest BCUT2D eigenvalue weighted by Crippen LogP contribution is 2.28. The molecule has 7 nitrogen and oxygen atoms in total. The Labute approximate surface area is 162 Å². The number of amides is 1. The second-order valence-electron chi connectivity index (χ2n) is 6.31. The molecule has 1 aliphatic heterocycles. The van der Waals surface area contributed by atoms with Crippen molar-refractivity contribution in [3.8, 4) is 11.8 Å². The zero-order valence-electron chi connectivity index (χ0n) is 15.2. The monoisotopic (exact) mass is 374 g/mol. The molecular weight excluding hydrogens is 356 g/mol. The van der Waals surface area contributed by atoms with Gasteiger partial charge in [0.05, 0.1) is 0 Å². The first kappa shape index (κ1) is 17.7. The highest BCUT2D eigenvalue weighted by Gasteiger charge is 2.27. The lowest BCUT2D eigenvalue weighted by Gasteiger charge is -2.10. The molecule has 0 bridgehead atoms. The Kier molecular flexibility index (Phi) is 4.97. The van der Waals surface area contributed by atoms with Crippen molar-refractivity contribution in [2.75, 3.05) is 5.32 Å². The molecule has 1 aliphatic rings. The van der Waals surface area contributed by atoms with Crippen LogP contribution in [0.3, 0.4) is 0 Å². The highest BCUT2D eigenvalue weighted by atomic mass is 16.6. The number of carbonyl (C=O) groups is 1. The summed E-state index contributed by atoms with van der Waals surface area (Å²) < 4.78 is 5.60. The van der Waals surface area contributed by atoms with Crippen LogP contribution in [0.1, 0.15) is 23.7 Å². The van der Waals surface area contributed by atoms with Gasteiger partial charge in [0.2, 0.25) is 0 Å². The Morgan fingerprint density at radius 2 is 1.89 bits per heavy atom. The molecule has 140 valence electrons. The Balaban J connectivity index is 1.39. The van der Waals surface area contributed by atoms with Gasteiger partial charge in [0.1, 0.15) is 11.5 Å². The molecule has 0 fully saturated rings. The van der Waals surface area contributed by atoms with E-state index in [0.717, 1.165) is 11.1 Å². The molecule has 28 heavy (non-hydrogen) atoms. The molecule has 4 rings (SSSR count). The third-order valence-corrected chi connectivity index (χ3v) is 4.30. The standard InChI is InChI=1S/C21H18N4O3/c1-14-12-16(27-21-22-10-5-11-23-21)8-9-17(14)24-20(26)18-13-19(28-25-18)15-6-3-2-4-7-15/h2-12,19H,13H2,1H3,(H,24,26)/t19-/m1/s1. The Morgan fingerprint density at radius 1 is 1.11 bits per heavy atom. The van der Waals surface area contributed by atoms with Gasteiger partial charge in [-0.3, -0.25) is 4.79 Å². The zero-order valence-corrected chi connectivity index (χ0v) is 15.2. The maximum Gasteiger partial charge on any atom is 0.321 e. The average Bonchev–Trinajstić information content (AvgIpc) is 3.22. The number of hydrogen-bond donors (Lipinski definition) is 1. The van der Waals surface area contributed by atoms with E-state index in [2.05, 4.69) is 20.4 Å². The summed E-state index contributed by atoms with van der Waals surface area (Å²) in [5.74, 6) is 0.314. The molecule has 1 aromatic heterocycles. The predicted octanol–water partition coefficient (Wildman–Crippen LogP) is 4.03. The van der Waals surface area contributed by atoms with Gasteiger partial charge in [-0.05, 0) is 42.3 Å². The second kappa shape index (κ2) is 7.87. The molecule has 0 unspecified atom stereocenters. The fourth-order valence-corrected chi connectivity index (χ4v) is 2.84. The van der Waals surface area contributed by atoms with Gasteiger partial charge in [0, 0.05) is 24.5 Å². The quantitative estimate of drug-likeness (QED) is 0.729. The van der Waals surface area contributed by atoms with Crippen molar-refractivity contribution in [3.05, 3.63) is 78.1 Å². The minimum atomic E-state index is -0.276. The summed E-state index contributed by atoms with van der Waals surface area (Å²) in [6, 6.07) is 17.0. The van der Waals surface area contributed by atoms with E-state index in [-0.39, 0.29) is 18.0 Å². The number of anilines is 1. The van der Waals surface area contributed by atoms with Crippen LogP contribution in [0, 0.1) is 6.92 Å². The lowest BCUT2D eigenvalue weighted by molar-refractivity contribution is -0.110. The molecule has 1 amide bonds. The number of ether oxygens (including phenoxy) is 1. The summed E-state index contributed by atoms with van der Waals surface area (Å²) in [4.78, 5) is 26.0. The number of aryl methyl sites for hydroxylation is 1.